The summed E-state index contributed by atoms with van der Waals surface area (Å²) in [6, 6.07) is 0. The van der Waals surface area contributed by atoms with Gasteiger partial charge in [-0.25, -0.2) is 0 Å². The largest absolute Gasteiger partial charge is 0.396 e. The van der Waals surface area contributed by atoms with E-state index >= 15 is 0 Å². The molecule has 114 valence electrons. The number of aliphatic hydroxyl groups excluding tert-OH is 1. The Labute approximate surface area is 131 Å². The fourth-order valence-corrected chi connectivity index (χ4v) is 14.8. The average molecular weight is 292 g/mol. The van der Waals surface area contributed by atoms with Gasteiger partial charge in [-0.05, 0) is 113 Å². The number of fused-ring (bicyclic) bond motifs is 4. The van der Waals surface area contributed by atoms with Crippen LogP contribution in [0.4, 0.5) is 0 Å². The third-order valence-corrected chi connectivity index (χ3v) is 13.2. The number of hydrogen-bond donors (Lipinski definition) is 1. The molecule has 10 saturated carbocycles. The fraction of sp³-hybridized carbons (Fsp3) is 1.00. The molecular weight excluding hydrogens is 268 g/mol. The third-order valence-electron chi connectivity index (χ3n) is 13.2. The lowest BCUT2D eigenvalue weighted by molar-refractivity contribution is 0.00217. The summed E-state index contributed by atoms with van der Waals surface area (Å²) in [6.45, 7) is 0.600. The van der Waals surface area contributed by atoms with E-state index < -0.39 is 0 Å². The van der Waals surface area contributed by atoms with Crippen LogP contribution in [0.25, 0.3) is 0 Å². The van der Waals surface area contributed by atoms with Crippen molar-refractivity contribution in [3.8, 4) is 0 Å². The predicted octanol–water partition coefficient (Wildman–Crippen LogP) is 2.36. The van der Waals surface area contributed by atoms with E-state index in [0.29, 0.717) is 12.0 Å². The summed E-state index contributed by atoms with van der Waals surface area (Å²) in [5.74, 6) is 19.3. The van der Waals surface area contributed by atoms with Crippen LogP contribution in [-0.2, 0) is 0 Å². The van der Waals surface area contributed by atoms with Crippen LogP contribution in [0.3, 0.4) is 0 Å². The molecule has 0 aromatic rings. The van der Waals surface area contributed by atoms with Crippen molar-refractivity contribution in [3.63, 3.8) is 0 Å². The molecule has 1 heteroatoms. The highest BCUT2D eigenvalue weighted by atomic mass is 16.3. The van der Waals surface area contributed by atoms with Gasteiger partial charge in [0.2, 0.25) is 0 Å². The van der Waals surface area contributed by atoms with Crippen molar-refractivity contribution in [2.45, 2.75) is 12.8 Å². The Morgan fingerprint density at radius 1 is 0.545 bits per heavy atom. The first kappa shape index (κ1) is 10.1. The number of hydrogen-bond acceptors (Lipinski definition) is 1. The molecule has 0 radical (unpaired) electrons. The minimum atomic E-state index is 0.477. The van der Waals surface area contributed by atoms with Crippen molar-refractivity contribution in [1.82, 2.24) is 0 Å². The van der Waals surface area contributed by atoms with Crippen LogP contribution in [0, 0.1) is 106 Å². The van der Waals surface area contributed by atoms with Gasteiger partial charge in [0, 0.05) is 12.0 Å². The summed E-state index contributed by atoms with van der Waals surface area (Å²) in [6.07, 6.45) is 3.28. The fourth-order valence-electron chi connectivity index (χ4n) is 14.8. The van der Waals surface area contributed by atoms with Crippen LogP contribution in [-0.4, -0.2) is 11.7 Å². The van der Waals surface area contributed by atoms with Gasteiger partial charge in [0.15, 0.2) is 0 Å². The molecule has 0 spiro atoms. The Morgan fingerprint density at radius 3 is 1.64 bits per heavy atom. The van der Waals surface area contributed by atoms with Crippen LogP contribution in [0.5, 0.6) is 0 Å². The zero-order valence-corrected chi connectivity index (χ0v) is 12.9. The molecule has 0 amide bonds. The van der Waals surface area contributed by atoms with Crippen LogP contribution in [0.15, 0.2) is 0 Å². The van der Waals surface area contributed by atoms with Gasteiger partial charge in [-0.15, -0.1) is 0 Å². The first-order valence-electron chi connectivity index (χ1n) is 10.5. The molecule has 18 atom stereocenters. The third kappa shape index (κ3) is 0.525. The highest BCUT2D eigenvalue weighted by Crippen LogP contribution is 2.99. The summed E-state index contributed by atoms with van der Waals surface area (Å²) in [5, 5.41) is 10.8. The van der Waals surface area contributed by atoms with Crippen LogP contribution >= 0.6 is 0 Å². The Bertz CT molecular complexity index is 655. The molecule has 0 aromatic heterocycles. The van der Waals surface area contributed by atoms with Crippen LogP contribution < -0.4 is 0 Å². The van der Waals surface area contributed by atoms with Gasteiger partial charge in [-0.3, -0.25) is 0 Å². The summed E-state index contributed by atoms with van der Waals surface area (Å²) >= 11 is 0. The van der Waals surface area contributed by atoms with E-state index in [4.69, 9.17) is 0 Å². The number of rotatable bonds is 1. The quantitative estimate of drug-likeness (QED) is 0.786. The molecule has 4 unspecified atom stereocenters. The van der Waals surface area contributed by atoms with Gasteiger partial charge >= 0.3 is 0 Å². The molecule has 10 fully saturated rings. The maximum absolute atomic E-state index is 10.8. The Morgan fingerprint density at radius 2 is 1.09 bits per heavy atom. The first-order chi connectivity index (χ1) is 10.9. The molecule has 10 aliphatic rings. The maximum Gasteiger partial charge on any atom is 0.0496 e. The molecule has 0 heterocycles. The molecule has 10 rings (SSSR count). The topological polar surface area (TPSA) is 20.2 Å². The van der Waals surface area contributed by atoms with Crippen molar-refractivity contribution < 1.29 is 5.11 Å². The molecule has 1 N–H and O–H groups in total. The second kappa shape index (κ2) is 2.32. The molecule has 22 heavy (non-hydrogen) atoms. The second-order valence-electron chi connectivity index (χ2n) is 11.7. The molecule has 10 aliphatic carbocycles. The van der Waals surface area contributed by atoms with Gasteiger partial charge < -0.3 is 5.11 Å². The molecule has 0 aliphatic heterocycles. The highest BCUT2D eigenvalue weighted by Gasteiger charge is 2.95. The summed E-state index contributed by atoms with van der Waals surface area (Å²) in [5.41, 5.74) is 0.477. The molecule has 0 bridgehead atoms. The zero-order valence-electron chi connectivity index (χ0n) is 12.9. The van der Waals surface area contributed by atoms with E-state index in [2.05, 4.69) is 0 Å². The summed E-state index contributed by atoms with van der Waals surface area (Å²) in [7, 11) is 0. The zero-order chi connectivity index (χ0) is 13.4. The first-order valence-corrected chi connectivity index (χ1v) is 10.5. The van der Waals surface area contributed by atoms with Gasteiger partial charge in [0.1, 0.15) is 0 Å². The van der Waals surface area contributed by atoms with Gasteiger partial charge in [0.05, 0.1) is 0 Å². The lowest BCUT2D eigenvalue weighted by Gasteiger charge is -2.41. The van der Waals surface area contributed by atoms with Gasteiger partial charge in [-0.1, -0.05) is 0 Å². The van der Waals surface area contributed by atoms with E-state index in [-0.39, 0.29) is 0 Å². The van der Waals surface area contributed by atoms with Gasteiger partial charge in [-0.2, -0.15) is 0 Å². The minimum Gasteiger partial charge on any atom is -0.396 e. The van der Waals surface area contributed by atoms with Crippen molar-refractivity contribution in [2.75, 3.05) is 6.61 Å². The Balaban J connectivity index is 1.47. The van der Waals surface area contributed by atoms with Crippen LogP contribution in [0.1, 0.15) is 12.8 Å². The molecular formula is C21H24O. The van der Waals surface area contributed by atoms with Crippen LogP contribution in [0.2, 0.25) is 0 Å². The van der Waals surface area contributed by atoms with E-state index in [0.717, 1.165) is 53.3 Å². The second-order valence-corrected chi connectivity index (χ2v) is 11.7. The van der Waals surface area contributed by atoms with E-state index in [9.17, 15) is 5.11 Å². The molecule has 1 nitrogen and oxygen atoms in total. The maximum atomic E-state index is 10.8. The standard InChI is InChI=1S/C21H24O/c22-3-21-18-6-1-4-8-5-2-7(18)12-10(5)15-13(8)14-9(4)11(6)19(21)16(14)17(15)20(12)21/h4-20,22H,1-3H2/t4-,5+,6-,7-,8?,9+,10-,11-,12-,13?,14+,15-,16+,17-,18?,19-,20-,21?/m1/s1. The monoisotopic (exact) mass is 292 g/mol. The van der Waals surface area contributed by atoms with Gasteiger partial charge in [0.25, 0.3) is 0 Å². The average Bonchev–Trinajstić information content (AvgIpc) is 3.22. The predicted molar refractivity (Wildman–Crippen MR) is 78.1 cm³/mol. The normalized spacial score (nSPS) is 95.0. The van der Waals surface area contributed by atoms with E-state index in [1.807, 2.05) is 0 Å². The van der Waals surface area contributed by atoms with Crippen molar-refractivity contribution >= 4 is 0 Å². The molecule has 0 aromatic carbocycles. The van der Waals surface area contributed by atoms with E-state index in [1.165, 1.54) is 47.3 Å². The SMILES string of the molecule is OCC12C3[C@@H]4C[C@@H]5C6C7[C@@H]8[C@@H]5[C@@H]4[C@@H]1[C@@H]8[C@H]1[C@@H]7[C@H]4[C@H]([C@H]12)[C@H]3C[C@@H]64. The van der Waals surface area contributed by atoms with Crippen molar-refractivity contribution in [1.29, 1.82) is 0 Å². The van der Waals surface area contributed by atoms with Crippen molar-refractivity contribution in [2.24, 2.45) is 106 Å². The minimum absolute atomic E-state index is 0.477. The van der Waals surface area contributed by atoms with E-state index in [1.54, 1.807) is 12.8 Å². The molecule has 0 saturated heterocycles. The number of aliphatic hydroxyl groups is 1. The van der Waals surface area contributed by atoms with Crippen molar-refractivity contribution in [3.05, 3.63) is 0 Å². The Hall–Kier alpha value is -0.0400. The lowest BCUT2D eigenvalue weighted by Crippen LogP contribution is -2.40. The Kier molecular flexibility index (Phi) is 1.06. The summed E-state index contributed by atoms with van der Waals surface area (Å²) < 4.78 is 0. The highest BCUT2D eigenvalue weighted by molar-refractivity contribution is 5.42. The lowest BCUT2D eigenvalue weighted by atomic mass is 9.64. The smallest absolute Gasteiger partial charge is 0.0496 e. The summed E-state index contributed by atoms with van der Waals surface area (Å²) in [4.78, 5) is 0.